The highest BCUT2D eigenvalue weighted by molar-refractivity contribution is 5.94. The van der Waals surface area contributed by atoms with Gasteiger partial charge in [-0.2, -0.15) is 5.10 Å². The molecule has 1 N–H and O–H groups in total. The number of nitrogens with one attached hydrogen (secondary N) is 1. The zero-order valence-electron chi connectivity index (χ0n) is 13.9. The Morgan fingerprint density at radius 1 is 1.28 bits per heavy atom. The van der Waals surface area contributed by atoms with Crippen LogP contribution in [-0.4, -0.2) is 46.1 Å². The van der Waals surface area contributed by atoms with Gasteiger partial charge in [-0.1, -0.05) is 0 Å². The van der Waals surface area contributed by atoms with Crippen molar-refractivity contribution in [1.29, 1.82) is 0 Å². The van der Waals surface area contributed by atoms with Gasteiger partial charge in [-0.05, 0) is 43.2 Å². The molecule has 7 heteroatoms. The summed E-state index contributed by atoms with van der Waals surface area (Å²) in [6.07, 6.45) is 5.09. The van der Waals surface area contributed by atoms with Gasteiger partial charge in [0.05, 0.1) is 12.5 Å². The number of piperidine rings is 1. The molecule has 3 rings (SSSR count). The van der Waals surface area contributed by atoms with E-state index in [0.717, 1.165) is 12.8 Å². The molecule has 25 heavy (non-hydrogen) atoms. The number of amides is 2. The van der Waals surface area contributed by atoms with E-state index in [0.29, 0.717) is 31.7 Å². The lowest BCUT2D eigenvalue weighted by Crippen LogP contribution is -2.45. The van der Waals surface area contributed by atoms with Gasteiger partial charge >= 0.3 is 0 Å². The van der Waals surface area contributed by atoms with Crippen LogP contribution in [0.3, 0.4) is 0 Å². The first-order valence-corrected chi connectivity index (χ1v) is 8.43. The predicted molar refractivity (Wildman–Crippen MR) is 90.3 cm³/mol. The van der Waals surface area contributed by atoms with Gasteiger partial charge in [-0.3, -0.25) is 14.3 Å². The summed E-state index contributed by atoms with van der Waals surface area (Å²) in [7, 11) is 0. The average molecular weight is 344 g/mol. The molecule has 1 aromatic heterocycles. The molecule has 2 amide bonds. The third kappa shape index (κ3) is 4.43. The van der Waals surface area contributed by atoms with Crippen molar-refractivity contribution < 1.29 is 14.0 Å². The van der Waals surface area contributed by atoms with Crippen molar-refractivity contribution in [2.45, 2.75) is 19.4 Å². The molecule has 1 aromatic carbocycles. The maximum atomic E-state index is 13.0. The van der Waals surface area contributed by atoms with Gasteiger partial charge in [0.2, 0.25) is 5.91 Å². The lowest BCUT2D eigenvalue weighted by atomic mass is 9.96. The zero-order chi connectivity index (χ0) is 17.6. The van der Waals surface area contributed by atoms with Crippen LogP contribution < -0.4 is 5.32 Å². The van der Waals surface area contributed by atoms with E-state index in [-0.39, 0.29) is 23.5 Å². The van der Waals surface area contributed by atoms with Gasteiger partial charge in [0.25, 0.3) is 5.91 Å². The number of benzene rings is 1. The molecule has 0 saturated carbocycles. The van der Waals surface area contributed by atoms with Gasteiger partial charge < -0.3 is 10.2 Å². The Balaban J connectivity index is 1.52. The van der Waals surface area contributed by atoms with Crippen LogP contribution in [0.5, 0.6) is 0 Å². The normalized spacial score (nSPS) is 17.3. The van der Waals surface area contributed by atoms with Crippen molar-refractivity contribution in [3.05, 3.63) is 54.1 Å². The van der Waals surface area contributed by atoms with Crippen molar-refractivity contribution in [1.82, 2.24) is 20.0 Å². The van der Waals surface area contributed by atoms with E-state index in [9.17, 15) is 14.0 Å². The summed E-state index contributed by atoms with van der Waals surface area (Å²) >= 11 is 0. The van der Waals surface area contributed by atoms with Gasteiger partial charge in [0.15, 0.2) is 0 Å². The highest BCUT2D eigenvalue weighted by Gasteiger charge is 2.28. The van der Waals surface area contributed by atoms with E-state index in [2.05, 4.69) is 10.4 Å². The quantitative estimate of drug-likeness (QED) is 0.898. The van der Waals surface area contributed by atoms with E-state index in [1.54, 1.807) is 15.8 Å². The van der Waals surface area contributed by atoms with Gasteiger partial charge in [-0.25, -0.2) is 4.39 Å². The van der Waals surface area contributed by atoms with Crippen molar-refractivity contribution in [3.63, 3.8) is 0 Å². The lowest BCUT2D eigenvalue weighted by molar-refractivity contribution is -0.126. The fourth-order valence-electron chi connectivity index (χ4n) is 3.02. The number of carbonyl (C=O) groups is 2. The fraction of sp³-hybridized carbons (Fsp3) is 0.389. The number of likely N-dealkylation sites (tertiary alicyclic amines) is 1. The van der Waals surface area contributed by atoms with Crippen LogP contribution in [0.2, 0.25) is 0 Å². The van der Waals surface area contributed by atoms with E-state index in [4.69, 9.17) is 0 Å². The summed E-state index contributed by atoms with van der Waals surface area (Å²) in [4.78, 5) is 26.5. The van der Waals surface area contributed by atoms with Gasteiger partial charge in [0, 0.05) is 37.6 Å². The molecular weight excluding hydrogens is 323 g/mol. The maximum absolute atomic E-state index is 13.0. The number of aromatic nitrogens is 2. The smallest absolute Gasteiger partial charge is 0.253 e. The second kappa shape index (κ2) is 7.92. The van der Waals surface area contributed by atoms with Crippen LogP contribution in [0.4, 0.5) is 4.39 Å². The van der Waals surface area contributed by atoms with Crippen molar-refractivity contribution in [2.75, 3.05) is 19.6 Å². The molecule has 0 aliphatic carbocycles. The molecule has 2 aromatic rings. The van der Waals surface area contributed by atoms with Crippen LogP contribution >= 0.6 is 0 Å². The Hall–Kier alpha value is -2.70. The molecule has 0 radical (unpaired) electrons. The Kier molecular flexibility index (Phi) is 5.42. The largest absolute Gasteiger partial charge is 0.354 e. The first-order chi connectivity index (χ1) is 12.1. The average Bonchev–Trinajstić information content (AvgIpc) is 3.15. The highest BCUT2D eigenvalue weighted by Crippen LogP contribution is 2.19. The standard InChI is InChI=1S/C18H21FN4O2/c19-16-6-4-14(5-7-16)18(25)22-10-1-3-15(13-22)17(24)20-9-12-23-11-2-8-21-23/h2,4-8,11,15H,1,3,9-10,12-13H2,(H,20,24)/t15-/m0/s1. The minimum absolute atomic E-state index is 0.0382. The fourth-order valence-corrected chi connectivity index (χ4v) is 3.02. The topological polar surface area (TPSA) is 67.2 Å². The number of hydrogen-bond acceptors (Lipinski definition) is 3. The number of rotatable bonds is 5. The molecule has 1 aliphatic heterocycles. The van der Waals surface area contributed by atoms with Crippen LogP contribution in [0.15, 0.2) is 42.7 Å². The van der Waals surface area contributed by atoms with E-state index < -0.39 is 0 Å². The Morgan fingerprint density at radius 2 is 2.08 bits per heavy atom. The lowest BCUT2D eigenvalue weighted by Gasteiger charge is -2.32. The highest BCUT2D eigenvalue weighted by atomic mass is 19.1. The second-order valence-electron chi connectivity index (χ2n) is 6.16. The van der Waals surface area contributed by atoms with E-state index >= 15 is 0 Å². The second-order valence-corrected chi connectivity index (χ2v) is 6.16. The molecule has 0 spiro atoms. The Morgan fingerprint density at radius 3 is 2.80 bits per heavy atom. The first kappa shape index (κ1) is 17.1. The van der Waals surface area contributed by atoms with E-state index in [1.165, 1.54) is 24.3 Å². The summed E-state index contributed by atoms with van der Waals surface area (Å²) in [6.45, 7) is 2.13. The molecule has 0 bridgehead atoms. The SMILES string of the molecule is O=C(NCCn1cccn1)[C@H]1CCCN(C(=O)c2ccc(F)cc2)C1. The van der Waals surface area contributed by atoms with Crippen LogP contribution in [-0.2, 0) is 11.3 Å². The molecule has 1 atom stereocenters. The Bertz CT molecular complexity index is 715. The summed E-state index contributed by atoms with van der Waals surface area (Å²) in [5, 5.41) is 7.00. The minimum atomic E-state index is -0.371. The third-order valence-electron chi connectivity index (χ3n) is 4.37. The molecule has 1 aliphatic rings. The van der Waals surface area contributed by atoms with Crippen molar-refractivity contribution >= 4 is 11.8 Å². The molecule has 6 nitrogen and oxygen atoms in total. The van der Waals surface area contributed by atoms with E-state index in [1.807, 2.05) is 12.3 Å². The monoisotopic (exact) mass is 344 g/mol. The number of halogens is 1. The van der Waals surface area contributed by atoms with Gasteiger partial charge in [-0.15, -0.1) is 0 Å². The summed E-state index contributed by atoms with van der Waals surface area (Å²) in [6, 6.07) is 7.34. The van der Waals surface area contributed by atoms with Crippen LogP contribution in [0, 0.1) is 11.7 Å². The Labute approximate surface area is 145 Å². The maximum Gasteiger partial charge on any atom is 0.253 e. The predicted octanol–water partition coefficient (Wildman–Crippen LogP) is 1.69. The number of hydrogen-bond donors (Lipinski definition) is 1. The van der Waals surface area contributed by atoms with Crippen molar-refractivity contribution in [2.24, 2.45) is 5.92 Å². The number of nitrogens with zero attached hydrogens (tertiary/aromatic N) is 3. The molecule has 132 valence electrons. The zero-order valence-corrected chi connectivity index (χ0v) is 13.9. The van der Waals surface area contributed by atoms with Crippen LogP contribution in [0.25, 0.3) is 0 Å². The molecule has 2 heterocycles. The minimum Gasteiger partial charge on any atom is -0.354 e. The molecular formula is C18H21FN4O2. The number of carbonyl (C=O) groups excluding carboxylic acids is 2. The summed E-state index contributed by atoms with van der Waals surface area (Å²) in [5.74, 6) is -0.779. The van der Waals surface area contributed by atoms with Crippen LogP contribution in [0.1, 0.15) is 23.2 Å². The molecule has 0 unspecified atom stereocenters. The first-order valence-electron chi connectivity index (χ1n) is 8.43. The summed E-state index contributed by atoms with van der Waals surface area (Å²) in [5.41, 5.74) is 0.446. The molecule has 1 fully saturated rings. The summed E-state index contributed by atoms with van der Waals surface area (Å²) < 4.78 is 14.8. The third-order valence-corrected chi connectivity index (χ3v) is 4.37. The van der Waals surface area contributed by atoms with Crippen molar-refractivity contribution in [3.8, 4) is 0 Å². The molecule has 1 saturated heterocycles. The van der Waals surface area contributed by atoms with Gasteiger partial charge in [0.1, 0.15) is 5.82 Å².